The van der Waals surface area contributed by atoms with Crippen molar-refractivity contribution < 1.29 is 22.3 Å². The Morgan fingerprint density at radius 2 is 2.06 bits per heavy atom. The van der Waals surface area contributed by atoms with E-state index in [0.717, 1.165) is 6.07 Å². The molecule has 1 saturated heterocycles. The summed E-state index contributed by atoms with van der Waals surface area (Å²) in [5.41, 5.74) is 5.46. The van der Waals surface area contributed by atoms with Crippen LogP contribution in [0.25, 0.3) is 0 Å². The first-order chi connectivity index (χ1) is 14.9. The van der Waals surface area contributed by atoms with Crippen LogP contribution in [0.4, 0.5) is 10.1 Å². The van der Waals surface area contributed by atoms with Crippen molar-refractivity contribution in [2.45, 2.75) is 36.3 Å². The lowest BCUT2D eigenvalue weighted by molar-refractivity contribution is 0.102. The van der Waals surface area contributed by atoms with Crippen LogP contribution in [0, 0.1) is 12.7 Å². The zero-order chi connectivity index (χ0) is 23.5. The number of hydrogen-bond donors (Lipinski definition) is 2. The molecule has 8 nitrogen and oxygen atoms in total. The molecule has 0 unspecified atom stereocenters. The number of aryl methyl sites for hydroxylation is 1. The topological polar surface area (TPSA) is 124 Å². The summed E-state index contributed by atoms with van der Waals surface area (Å²) >= 11 is 5.89. The van der Waals surface area contributed by atoms with Crippen LogP contribution in [0.5, 0.6) is 0 Å². The summed E-state index contributed by atoms with van der Waals surface area (Å²) in [4.78, 5) is 21.2. The van der Waals surface area contributed by atoms with Crippen LogP contribution in [0.1, 0.15) is 35.5 Å². The molecule has 3 heterocycles. The normalized spacial score (nSPS) is 25.7. The van der Waals surface area contributed by atoms with Gasteiger partial charge in [0, 0.05) is 17.4 Å². The van der Waals surface area contributed by atoms with E-state index in [0.29, 0.717) is 10.6 Å². The number of nitrogens with one attached hydrogen (secondary N) is 1. The van der Waals surface area contributed by atoms with Crippen molar-refractivity contribution in [2.24, 2.45) is 10.7 Å². The second-order valence-electron chi connectivity index (χ2n) is 8.45. The lowest BCUT2D eigenvalue weighted by Crippen LogP contribution is -2.60. The van der Waals surface area contributed by atoms with Crippen molar-refractivity contribution in [3.8, 4) is 0 Å². The van der Waals surface area contributed by atoms with Crippen LogP contribution in [0.2, 0.25) is 5.02 Å². The highest BCUT2D eigenvalue weighted by atomic mass is 35.5. The number of ether oxygens (including phenoxy) is 1. The molecule has 1 fully saturated rings. The van der Waals surface area contributed by atoms with Crippen LogP contribution >= 0.6 is 11.6 Å². The highest BCUT2D eigenvalue weighted by Crippen LogP contribution is 2.47. The molecule has 2 aromatic rings. The van der Waals surface area contributed by atoms with Crippen LogP contribution in [-0.4, -0.2) is 48.4 Å². The zero-order valence-electron chi connectivity index (χ0n) is 17.6. The number of halogens is 2. The number of rotatable bonds is 3. The van der Waals surface area contributed by atoms with Gasteiger partial charge in [0.25, 0.3) is 5.91 Å². The minimum absolute atomic E-state index is 0.0133. The van der Waals surface area contributed by atoms with Crippen molar-refractivity contribution in [2.75, 3.05) is 18.5 Å². The molecule has 3 N–H and O–H groups in total. The van der Waals surface area contributed by atoms with Gasteiger partial charge in [0.2, 0.25) is 0 Å². The molecule has 0 aliphatic carbocycles. The third-order valence-electron chi connectivity index (χ3n) is 6.10. The van der Waals surface area contributed by atoms with Crippen LogP contribution in [0.15, 0.2) is 35.5 Å². The van der Waals surface area contributed by atoms with Gasteiger partial charge in [-0.25, -0.2) is 17.8 Å². The number of pyridine rings is 1. The number of nitrogens with two attached hydrogens (primary N) is 1. The Morgan fingerprint density at radius 3 is 2.75 bits per heavy atom. The fourth-order valence-electron chi connectivity index (χ4n) is 4.07. The van der Waals surface area contributed by atoms with Gasteiger partial charge in [-0.05, 0) is 50.6 Å². The average Bonchev–Trinajstić information content (AvgIpc) is 3.14. The van der Waals surface area contributed by atoms with Gasteiger partial charge in [-0.2, -0.15) is 0 Å². The predicted octanol–water partition coefficient (Wildman–Crippen LogP) is 2.59. The van der Waals surface area contributed by atoms with E-state index in [-0.39, 0.29) is 36.0 Å². The van der Waals surface area contributed by atoms with E-state index in [4.69, 9.17) is 22.1 Å². The van der Waals surface area contributed by atoms with Gasteiger partial charge in [-0.3, -0.25) is 9.79 Å². The van der Waals surface area contributed by atoms with Crippen molar-refractivity contribution >= 4 is 38.9 Å². The minimum Gasteiger partial charge on any atom is -0.386 e. The second-order valence-corrected chi connectivity index (χ2v) is 11.6. The summed E-state index contributed by atoms with van der Waals surface area (Å²) in [6, 6.07) is 5.49. The Balaban J connectivity index is 1.78. The van der Waals surface area contributed by atoms with Gasteiger partial charge < -0.3 is 15.8 Å². The molecule has 0 saturated carbocycles. The highest BCUT2D eigenvalue weighted by Gasteiger charge is 2.62. The third-order valence-corrected chi connectivity index (χ3v) is 9.21. The monoisotopic (exact) mass is 480 g/mol. The van der Waals surface area contributed by atoms with Gasteiger partial charge in [-0.15, -0.1) is 0 Å². The zero-order valence-corrected chi connectivity index (χ0v) is 19.2. The smallest absolute Gasteiger partial charge is 0.274 e. The molecule has 11 heteroatoms. The van der Waals surface area contributed by atoms with Crippen LogP contribution in [0.3, 0.4) is 0 Å². The van der Waals surface area contributed by atoms with Crippen molar-refractivity contribution in [1.82, 2.24) is 4.98 Å². The third kappa shape index (κ3) is 3.28. The number of nitrogens with zero attached hydrogens (tertiary/aromatic N) is 2. The quantitative estimate of drug-likeness (QED) is 0.695. The SMILES string of the molecule is Cc1cc(Cl)cnc1C(=O)Nc1ccc(F)c([C@@]23COC[C@H]2S(=O)(=O)C(C)(C)C(N)=N3)c1. The molecule has 2 aliphatic heterocycles. The fourth-order valence-corrected chi connectivity index (χ4v) is 6.37. The number of fused-ring (bicyclic) bond motifs is 1. The van der Waals surface area contributed by atoms with E-state index in [1.165, 1.54) is 32.2 Å². The largest absolute Gasteiger partial charge is 0.386 e. The first-order valence-electron chi connectivity index (χ1n) is 9.80. The van der Waals surface area contributed by atoms with Crippen LogP contribution in [-0.2, 0) is 20.1 Å². The van der Waals surface area contributed by atoms with E-state index in [2.05, 4.69) is 15.3 Å². The number of benzene rings is 1. The molecule has 1 amide bonds. The Kier molecular flexibility index (Phi) is 5.30. The average molecular weight is 481 g/mol. The Bertz CT molecular complexity index is 1260. The van der Waals surface area contributed by atoms with Crippen LogP contribution < -0.4 is 11.1 Å². The van der Waals surface area contributed by atoms with E-state index in [1.54, 1.807) is 13.0 Å². The maximum atomic E-state index is 15.0. The summed E-state index contributed by atoms with van der Waals surface area (Å²) in [7, 11) is -3.86. The molecule has 0 spiro atoms. The maximum Gasteiger partial charge on any atom is 0.274 e. The van der Waals surface area contributed by atoms with Gasteiger partial charge >= 0.3 is 0 Å². The first kappa shape index (κ1) is 22.6. The minimum atomic E-state index is -3.86. The molecule has 170 valence electrons. The van der Waals surface area contributed by atoms with Gasteiger partial charge in [0.1, 0.15) is 32.9 Å². The number of carbonyl (C=O) groups excluding carboxylic acids is 1. The summed E-state index contributed by atoms with van der Waals surface area (Å²) in [6.45, 7) is 4.34. The lowest BCUT2D eigenvalue weighted by Gasteiger charge is -2.41. The van der Waals surface area contributed by atoms with Gasteiger partial charge in [0.05, 0.1) is 18.2 Å². The number of sulfone groups is 1. The first-order valence-corrected chi connectivity index (χ1v) is 11.7. The molecule has 0 radical (unpaired) electrons. The Morgan fingerprint density at radius 1 is 1.34 bits per heavy atom. The summed E-state index contributed by atoms with van der Waals surface area (Å²) in [5, 5.41) is 1.95. The number of amidine groups is 1. The molecule has 2 atom stereocenters. The molecular weight excluding hydrogens is 459 g/mol. The second kappa shape index (κ2) is 7.50. The molecule has 32 heavy (non-hydrogen) atoms. The van der Waals surface area contributed by atoms with Gasteiger partial charge in [0.15, 0.2) is 9.84 Å². The summed E-state index contributed by atoms with van der Waals surface area (Å²) in [5.74, 6) is -1.31. The fraction of sp³-hybridized carbons (Fsp3) is 0.381. The maximum absolute atomic E-state index is 15.0. The number of aromatic nitrogens is 1. The Hall–Kier alpha value is -2.56. The highest BCUT2D eigenvalue weighted by molar-refractivity contribution is 7.94. The van der Waals surface area contributed by atoms with E-state index < -0.39 is 37.1 Å². The number of amides is 1. The molecule has 2 aliphatic rings. The standard InChI is InChI=1S/C21H22ClFN4O4S/c1-11-6-12(22)8-25-17(11)18(28)26-13-4-5-15(23)14(7-13)21-10-31-9-16(21)32(29,30)20(2,3)19(24)27-21/h4-8,16H,9-10H2,1-3H3,(H2,24,27)(H,26,28)/t16-,21+/m1/s1. The van der Waals surface area contributed by atoms with E-state index in [1.807, 2.05) is 0 Å². The molecule has 0 bridgehead atoms. The number of aliphatic imine (C=N–C) groups is 1. The molecular formula is C21H22ClFN4O4S. The molecule has 4 rings (SSSR count). The van der Waals surface area contributed by atoms with Gasteiger partial charge in [-0.1, -0.05) is 11.6 Å². The number of hydrogen-bond acceptors (Lipinski definition) is 7. The van der Waals surface area contributed by atoms with E-state index >= 15 is 4.39 Å². The number of carbonyl (C=O) groups is 1. The summed E-state index contributed by atoms with van der Waals surface area (Å²) < 4.78 is 45.7. The van der Waals surface area contributed by atoms with Crippen molar-refractivity contribution in [1.29, 1.82) is 0 Å². The molecule has 1 aromatic carbocycles. The van der Waals surface area contributed by atoms with Crippen molar-refractivity contribution in [3.63, 3.8) is 0 Å². The predicted molar refractivity (Wildman–Crippen MR) is 119 cm³/mol. The van der Waals surface area contributed by atoms with Crippen molar-refractivity contribution in [3.05, 3.63) is 58.1 Å². The van der Waals surface area contributed by atoms with E-state index in [9.17, 15) is 13.2 Å². The lowest BCUT2D eigenvalue weighted by atomic mass is 9.87. The Labute approximate surface area is 190 Å². The summed E-state index contributed by atoms with van der Waals surface area (Å²) in [6.07, 6.45) is 1.35. The molecule has 1 aromatic heterocycles. The number of anilines is 1.